The van der Waals surface area contributed by atoms with Crippen LogP contribution in [0, 0.1) is 20.8 Å². The number of para-hydroxylation sites is 1. The monoisotopic (exact) mass is 454 g/mol. The van der Waals surface area contributed by atoms with E-state index in [0.29, 0.717) is 11.3 Å². The summed E-state index contributed by atoms with van der Waals surface area (Å²) in [4.78, 5) is 24.9. The van der Waals surface area contributed by atoms with Gasteiger partial charge in [-0.05, 0) is 50.6 Å². The number of amides is 2. The molecule has 150 valence electrons. The molecule has 3 aromatic rings. The van der Waals surface area contributed by atoms with Crippen molar-refractivity contribution in [1.82, 2.24) is 15.1 Å². The Bertz CT molecular complexity index is 1040. The second kappa shape index (κ2) is 9.05. The van der Waals surface area contributed by atoms with Gasteiger partial charge in [0.25, 0.3) is 5.91 Å². The molecular weight excluding hydrogens is 432 g/mol. The van der Waals surface area contributed by atoms with Crippen molar-refractivity contribution >= 4 is 33.4 Å². The van der Waals surface area contributed by atoms with E-state index in [0.717, 1.165) is 27.1 Å². The first-order chi connectivity index (χ1) is 13.9. The van der Waals surface area contributed by atoms with E-state index >= 15 is 0 Å². The number of nitrogens with zero attached hydrogens (tertiary/aromatic N) is 2. The maximum atomic E-state index is 12.7. The van der Waals surface area contributed by atoms with Crippen LogP contribution in [0.5, 0.6) is 0 Å². The Morgan fingerprint density at radius 2 is 1.79 bits per heavy atom. The fourth-order valence-corrected chi connectivity index (χ4v) is 3.47. The third kappa shape index (κ3) is 4.92. The van der Waals surface area contributed by atoms with Gasteiger partial charge in [0.15, 0.2) is 0 Å². The van der Waals surface area contributed by atoms with E-state index in [2.05, 4.69) is 31.7 Å². The number of hydrogen-bond donors (Lipinski definition) is 2. The van der Waals surface area contributed by atoms with Crippen molar-refractivity contribution in [2.75, 3.05) is 11.9 Å². The van der Waals surface area contributed by atoms with Crippen molar-refractivity contribution in [2.24, 2.45) is 0 Å². The number of aryl methyl sites for hydroxylation is 2. The largest absolute Gasteiger partial charge is 0.351 e. The number of carbonyl (C=O) groups excluding carboxylic acids is 2. The van der Waals surface area contributed by atoms with Gasteiger partial charge in [0.1, 0.15) is 0 Å². The van der Waals surface area contributed by atoms with E-state index in [1.165, 1.54) is 0 Å². The van der Waals surface area contributed by atoms with Crippen molar-refractivity contribution in [3.05, 3.63) is 75.5 Å². The van der Waals surface area contributed by atoms with Crippen LogP contribution >= 0.6 is 15.9 Å². The molecule has 1 heterocycles. The zero-order chi connectivity index (χ0) is 21.0. The van der Waals surface area contributed by atoms with Gasteiger partial charge in [0.05, 0.1) is 22.6 Å². The summed E-state index contributed by atoms with van der Waals surface area (Å²) in [7, 11) is 0. The van der Waals surface area contributed by atoms with Gasteiger partial charge in [-0.2, -0.15) is 5.10 Å². The van der Waals surface area contributed by atoms with Gasteiger partial charge in [-0.3, -0.25) is 9.59 Å². The zero-order valence-electron chi connectivity index (χ0n) is 16.6. The molecular formula is C22H23BrN4O2. The lowest BCUT2D eigenvalue weighted by molar-refractivity contribution is -0.116. The molecule has 0 fully saturated rings. The van der Waals surface area contributed by atoms with Crippen LogP contribution in [0.2, 0.25) is 0 Å². The molecule has 29 heavy (non-hydrogen) atoms. The van der Waals surface area contributed by atoms with Gasteiger partial charge in [-0.25, -0.2) is 4.68 Å². The summed E-state index contributed by atoms with van der Waals surface area (Å²) in [6.07, 6.45) is 0.183. The number of benzene rings is 2. The summed E-state index contributed by atoms with van der Waals surface area (Å²) in [5.74, 6) is -0.381. The predicted molar refractivity (Wildman–Crippen MR) is 117 cm³/mol. The van der Waals surface area contributed by atoms with E-state index in [4.69, 9.17) is 0 Å². The molecule has 2 amide bonds. The van der Waals surface area contributed by atoms with Crippen LogP contribution in [0.3, 0.4) is 0 Å². The first kappa shape index (κ1) is 20.8. The fourth-order valence-electron chi connectivity index (χ4n) is 3.11. The molecule has 0 radical (unpaired) electrons. The molecule has 0 spiro atoms. The van der Waals surface area contributed by atoms with Crippen molar-refractivity contribution in [2.45, 2.75) is 27.2 Å². The molecule has 3 rings (SSSR count). The standard InChI is InChI=1S/C22H23BrN4O2/c1-14-9-10-17(23)13-19(14)25-20(28)11-12-24-22(29)21-15(2)26-27(16(21)3)18-7-5-4-6-8-18/h4-10,13H,11-12H2,1-3H3,(H,24,29)(H,25,28). The molecule has 1 aromatic heterocycles. The van der Waals surface area contributed by atoms with Crippen LogP contribution in [0.1, 0.15) is 33.7 Å². The number of aromatic nitrogens is 2. The Morgan fingerprint density at radius 3 is 2.52 bits per heavy atom. The van der Waals surface area contributed by atoms with Gasteiger partial charge in [0, 0.05) is 23.1 Å². The van der Waals surface area contributed by atoms with Gasteiger partial charge in [-0.15, -0.1) is 0 Å². The molecule has 0 atom stereocenters. The highest BCUT2D eigenvalue weighted by atomic mass is 79.9. The van der Waals surface area contributed by atoms with E-state index in [-0.39, 0.29) is 24.8 Å². The highest BCUT2D eigenvalue weighted by Gasteiger charge is 2.19. The first-order valence-corrected chi connectivity index (χ1v) is 10.1. The number of anilines is 1. The maximum Gasteiger partial charge on any atom is 0.255 e. The lowest BCUT2D eigenvalue weighted by Gasteiger charge is -2.10. The van der Waals surface area contributed by atoms with Gasteiger partial charge in [-0.1, -0.05) is 40.2 Å². The van der Waals surface area contributed by atoms with E-state index in [1.807, 2.05) is 69.3 Å². The minimum atomic E-state index is -0.228. The average molecular weight is 455 g/mol. The van der Waals surface area contributed by atoms with Crippen LogP contribution in [0.25, 0.3) is 5.69 Å². The lowest BCUT2D eigenvalue weighted by atomic mass is 10.1. The summed E-state index contributed by atoms with van der Waals surface area (Å²) in [6, 6.07) is 15.4. The summed E-state index contributed by atoms with van der Waals surface area (Å²) in [6.45, 7) is 5.85. The molecule has 7 heteroatoms. The molecule has 0 aliphatic carbocycles. The highest BCUT2D eigenvalue weighted by molar-refractivity contribution is 9.10. The van der Waals surface area contributed by atoms with Crippen LogP contribution < -0.4 is 10.6 Å². The number of carbonyl (C=O) groups is 2. The normalized spacial score (nSPS) is 10.6. The Labute approximate surface area is 178 Å². The molecule has 0 unspecified atom stereocenters. The number of hydrogen-bond acceptors (Lipinski definition) is 3. The van der Waals surface area contributed by atoms with Gasteiger partial charge < -0.3 is 10.6 Å². The molecule has 0 aliphatic heterocycles. The number of rotatable bonds is 6. The summed E-state index contributed by atoms with van der Waals surface area (Å²) < 4.78 is 2.65. The van der Waals surface area contributed by atoms with E-state index < -0.39 is 0 Å². The van der Waals surface area contributed by atoms with Crippen LogP contribution in [0.4, 0.5) is 5.69 Å². The minimum absolute atomic E-state index is 0.153. The molecule has 2 aromatic carbocycles. The fraction of sp³-hybridized carbons (Fsp3) is 0.227. The van der Waals surface area contributed by atoms with Gasteiger partial charge >= 0.3 is 0 Å². The number of nitrogens with one attached hydrogen (secondary N) is 2. The third-order valence-electron chi connectivity index (χ3n) is 4.63. The predicted octanol–water partition coefficient (Wildman–Crippen LogP) is 4.32. The Balaban J connectivity index is 1.61. The summed E-state index contributed by atoms with van der Waals surface area (Å²) >= 11 is 3.40. The second-order valence-electron chi connectivity index (χ2n) is 6.81. The summed E-state index contributed by atoms with van der Waals surface area (Å²) in [5, 5.41) is 10.2. The third-order valence-corrected chi connectivity index (χ3v) is 5.12. The Hall–Kier alpha value is -2.93. The Kier molecular flexibility index (Phi) is 6.49. The molecule has 0 saturated carbocycles. The topological polar surface area (TPSA) is 76.0 Å². The summed E-state index contributed by atoms with van der Waals surface area (Å²) in [5.41, 5.74) is 4.59. The minimum Gasteiger partial charge on any atom is -0.351 e. The zero-order valence-corrected chi connectivity index (χ0v) is 18.2. The molecule has 0 bridgehead atoms. The quantitative estimate of drug-likeness (QED) is 0.582. The second-order valence-corrected chi connectivity index (χ2v) is 7.72. The van der Waals surface area contributed by atoms with E-state index in [9.17, 15) is 9.59 Å². The first-order valence-electron chi connectivity index (χ1n) is 9.32. The maximum absolute atomic E-state index is 12.7. The van der Waals surface area contributed by atoms with Crippen LogP contribution in [-0.4, -0.2) is 28.1 Å². The molecule has 0 aliphatic rings. The smallest absolute Gasteiger partial charge is 0.255 e. The van der Waals surface area contributed by atoms with Crippen molar-refractivity contribution in [3.63, 3.8) is 0 Å². The van der Waals surface area contributed by atoms with Crippen molar-refractivity contribution in [3.8, 4) is 5.69 Å². The highest BCUT2D eigenvalue weighted by Crippen LogP contribution is 2.21. The molecule has 2 N–H and O–H groups in total. The van der Waals surface area contributed by atoms with E-state index in [1.54, 1.807) is 4.68 Å². The van der Waals surface area contributed by atoms with Crippen LogP contribution in [-0.2, 0) is 4.79 Å². The average Bonchev–Trinajstić information content (AvgIpc) is 2.99. The van der Waals surface area contributed by atoms with Crippen molar-refractivity contribution in [1.29, 1.82) is 0 Å². The number of halogens is 1. The van der Waals surface area contributed by atoms with Gasteiger partial charge in [0.2, 0.25) is 5.91 Å². The Morgan fingerprint density at radius 1 is 1.07 bits per heavy atom. The lowest BCUT2D eigenvalue weighted by Crippen LogP contribution is -2.28. The van der Waals surface area contributed by atoms with Crippen LogP contribution in [0.15, 0.2) is 53.0 Å². The molecule has 6 nitrogen and oxygen atoms in total. The molecule has 0 saturated heterocycles. The van der Waals surface area contributed by atoms with Crippen molar-refractivity contribution < 1.29 is 9.59 Å². The SMILES string of the molecule is Cc1ccc(Br)cc1NC(=O)CCNC(=O)c1c(C)nn(-c2ccccc2)c1C.